The molecule has 4 rings (SSSR count). The van der Waals surface area contributed by atoms with E-state index in [1.54, 1.807) is 0 Å². The van der Waals surface area contributed by atoms with Crippen LogP contribution in [0.1, 0.15) is 262 Å². The lowest BCUT2D eigenvalue weighted by Crippen LogP contribution is -2.26. The van der Waals surface area contributed by atoms with Crippen LogP contribution in [0.25, 0.3) is 27.4 Å². The highest BCUT2D eigenvalue weighted by Crippen LogP contribution is 2.45. The molecule has 0 saturated carbocycles. The van der Waals surface area contributed by atoms with Crippen molar-refractivity contribution in [1.29, 1.82) is 0 Å². The summed E-state index contributed by atoms with van der Waals surface area (Å²) < 4.78 is 0. The molecular weight excluding hydrogens is 785 g/mol. The number of nitrogens with two attached hydrogens (primary N) is 1. The number of anilines is 1. The van der Waals surface area contributed by atoms with Gasteiger partial charge in [-0.3, -0.25) is 0 Å². The van der Waals surface area contributed by atoms with Gasteiger partial charge in [-0.15, -0.1) is 0 Å². The molecule has 1 aromatic heterocycles. The minimum absolute atomic E-state index is 0.00795. The van der Waals surface area contributed by atoms with E-state index in [-0.39, 0.29) is 21.7 Å². The van der Waals surface area contributed by atoms with Crippen molar-refractivity contribution in [1.82, 2.24) is 4.98 Å². The summed E-state index contributed by atoms with van der Waals surface area (Å²) in [5, 5.41) is 2.58. The van der Waals surface area contributed by atoms with E-state index in [1.165, 1.54) is 131 Å². The molecule has 0 aliphatic rings. The summed E-state index contributed by atoms with van der Waals surface area (Å²) in [6.45, 7) is 49.4. The number of nitrogens with one attached hydrogen (secondary N) is 1. The molecule has 2 nitrogen and oxygen atoms in total. The lowest BCUT2D eigenvalue weighted by molar-refractivity contribution is 0.433. The molecule has 0 aliphatic carbocycles. The highest BCUT2D eigenvalue weighted by molar-refractivity contribution is 6.08. The Kier molecular flexibility index (Phi) is 25.6. The number of nitrogen functional groups attached to an aromatic ring is 1. The van der Waals surface area contributed by atoms with Crippen LogP contribution in [0.3, 0.4) is 0 Å². The van der Waals surface area contributed by atoms with Crippen molar-refractivity contribution < 1.29 is 0 Å². The third kappa shape index (κ3) is 18.6. The average Bonchev–Trinajstić information content (AvgIpc) is 3.60. The summed E-state index contributed by atoms with van der Waals surface area (Å²) in [5.41, 5.74) is 21.7. The molecule has 0 fully saturated rings. The molecule has 0 radical (unpaired) electrons. The zero-order chi connectivity index (χ0) is 49.8. The third-order valence-electron chi connectivity index (χ3n) is 13.4. The topological polar surface area (TPSA) is 41.8 Å². The van der Waals surface area contributed by atoms with Crippen LogP contribution >= 0.6 is 0 Å². The maximum atomic E-state index is 7.24. The van der Waals surface area contributed by atoms with E-state index in [4.69, 9.17) is 5.73 Å². The van der Waals surface area contributed by atoms with Gasteiger partial charge in [0, 0.05) is 27.5 Å². The summed E-state index contributed by atoms with van der Waals surface area (Å²) in [5.74, 6) is 0.350. The van der Waals surface area contributed by atoms with Gasteiger partial charge in [-0.05, 0) is 125 Å². The van der Waals surface area contributed by atoms with Crippen LogP contribution in [-0.4, -0.2) is 4.98 Å². The number of H-pyrrole nitrogens is 1. The Hall–Kier alpha value is -3.52. The van der Waals surface area contributed by atoms with Gasteiger partial charge in [-0.1, -0.05) is 242 Å². The maximum absolute atomic E-state index is 7.24. The first-order chi connectivity index (χ1) is 30.3. The smallest absolute Gasteiger partial charge is 0.0470 e. The van der Waals surface area contributed by atoms with Crippen molar-refractivity contribution in [3.63, 3.8) is 0 Å². The first kappa shape index (κ1) is 59.5. The molecule has 3 aromatic carbocycles. The molecule has 3 N–H and O–H groups in total. The normalized spacial score (nSPS) is 13.4. The average molecular weight is 890 g/mol. The van der Waals surface area contributed by atoms with Crippen LogP contribution in [0, 0.1) is 5.41 Å². The molecule has 0 bridgehead atoms. The summed E-state index contributed by atoms with van der Waals surface area (Å²) >= 11 is 0. The van der Waals surface area contributed by atoms with Gasteiger partial charge >= 0.3 is 0 Å². The van der Waals surface area contributed by atoms with Gasteiger partial charge in [0.15, 0.2) is 0 Å². The van der Waals surface area contributed by atoms with E-state index in [9.17, 15) is 0 Å². The van der Waals surface area contributed by atoms with Gasteiger partial charge in [0.05, 0.1) is 0 Å². The Morgan fingerprint density at radius 3 is 1.68 bits per heavy atom. The number of rotatable bonds is 18. The molecule has 0 saturated heterocycles. The Labute approximate surface area is 404 Å². The van der Waals surface area contributed by atoms with Gasteiger partial charge in [0.2, 0.25) is 0 Å². The fraction of sp³-hybridized carbons (Fsp3) is 0.619. The Balaban J connectivity index is 0.000000987. The van der Waals surface area contributed by atoms with Gasteiger partial charge < -0.3 is 10.7 Å². The molecule has 1 unspecified atom stereocenters. The van der Waals surface area contributed by atoms with Crippen LogP contribution < -0.4 is 5.73 Å². The number of fused-ring (bicyclic) bond motifs is 3. The van der Waals surface area contributed by atoms with Gasteiger partial charge in [-0.25, -0.2) is 0 Å². The number of unbranched alkanes of at least 4 members (excludes halogenated alkanes) is 4. The minimum Gasteiger partial charge on any atom is -0.398 e. The molecule has 366 valence electrons. The molecule has 1 heterocycles. The molecule has 0 aliphatic heterocycles. The second-order valence-corrected chi connectivity index (χ2v) is 22.7. The predicted octanol–water partition coefficient (Wildman–Crippen LogP) is 21.1. The number of aromatic nitrogens is 1. The van der Waals surface area contributed by atoms with E-state index < -0.39 is 0 Å². The van der Waals surface area contributed by atoms with Crippen molar-refractivity contribution in [2.75, 3.05) is 5.73 Å². The Bertz CT molecular complexity index is 2060. The van der Waals surface area contributed by atoms with Crippen LogP contribution in [-0.2, 0) is 16.2 Å². The van der Waals surface area contributed by atoms with E-state index in [0.717, 1.165) is 31.4 Å². The fourth-order valence-electron chi connectivity index (χ4n) is 8.62. The maximum Gasteiger partial charge on any atom is 0.0470 e. The fourth-order valence-corrected chi connectivity index (χ4v) is 8.62. The molecule has 65 heavy (non-hydrogen) atoms. The van der Waals surface area contributed by atoms with Gasteiger partial charge in [0.1, 0.15) is 0 Å². The van der Waals surface area contributed by atoms with Crippen molar-refractivity contribution in [3.8, 4) is 0 Å². The molecular formula is C63H104N2. The predicted molar refractivity (Wildman–Crippen MR) is 300 cm³/mol. The molecule has 1 atom stereocenters. The second kappa shape index (κ2) is 28.0. The van der Waals surface area contributed by atoms with E-state index in [0.29, 0.717) is 5.92 Å². The summed E-state index contributed by atoms with van der Waals surface area (Å²) in [7, 11) is 0. The van der Waals surface area contributed by atoms with Crippen molar-refractivity contribution >= 4 is 33.1 Å². The first-order valence-corrected chi connectivity index (χ1v) is 26.3. The zero-order valence-corrected chi connectivity index (χ0v) is 46.5. The van der Waals surface area contributed by atoms with E-state index in [2.05, 4.69) is 211 Å². The SMILES string of the molecule is C=C(CCC)CCCC.CCC.CCCC(C)(C/C=C(\C)c1ccc2c(c1)[nH]c1cc(C(C)(C)C)ccc12)c1ccc(C(C)(C)C/C=C(\C)C(C)(C)C)c(C(C)C)c1N.CCCCCC. The van der Waals surface area contributed by atoms with E-state index >= 15 is 0 Å². The van der Waals surface area contributed by atoms with Crippen LogP contribution in [0.15, 0.2) is 78.4 Å². The van der Waals surface area contributed by atoms with Crippen molar-refractivity contribution in [3.05, 3.63) is 106 Å². The summed E-state index contributed by atoms with van der Waals surface area (Å²) in [6.07, 6.45) is 22.2. The van der Waals surface area contributed by atoms with Crippen molar-refractivity contribution in [2.45, 2.75) is 251 Å². The standard InChI is InChI=1S/C45H64N2.C9H18.C6H14.C3H8/c1-15-24-45(14,37-21-20-36(40(29(2)3)41(37)46)44(12,13)25-23-31(5)42(6,7)8)26-22-30(4)32-16-18-34-35-19-17-33(43(9,10)11)28-39(35)47-38(34)27-32;1-4-6-8-9(3)7-5-2;1-3-5-6-4-2;1-3-2/h16-23,27-29,47H,15,24-26,46H2,1-14H3;3-8H2,1-2H3;3-6H2,1-2H3;3H2,1-2H3/b30-22+,31-23+;;;. The third-order valence-corrected chi connectivity index (χ3v) is 13.4. The highest BCUT2D eigenvalue weighted by Gasteiger charge is 2.32. The lowest BCUT2D eigenvalue weighted by Gasteiger charge is -2.35. The zero-order valence-electron chi connectivity index (χ0n) is 46.5. The van der Waals surface area contributed by atoms with Crippen molar-refractivity contribution in [2.24, 2.45) is 5.41 Å². The lowest BCUT2D eigenvalue weighted by atomic mass is 9.70. The number of allylic oxidation sites excluding steroid dienone is 5. The highest BCUT2D eigenvalue weighted by atomic mass is 14.7. The summed E-state index contributed by atoms with van der Waals surface area (Å²) in [6, 6.07) is 18.5. The Morgan fingerprint density at radius 1 is 0.646 bits per heavy atom. The molecule has 0 spiro atoms. The first-order valence-electron chi connectivity index (χ1n) is 26.3. The molecule has 0 amide bonds. The minimum atomic E-state index is -0.0519. The van der Waals surface area contributed by atoms with Crippen LogP contribution in [0.5, 0.6) is 0 Å². The quantitative estimate of drug-likeness (QED) is 0.0583. The second-order valence-electron chi connectivity index (χ2n) is 22.7. The number of aromatic amines is 1. The van der Waals surface area contributed by atoms with Gasteiger partial charge in [-0.2, -0.15) is 0 Å². The largest absolute Gasteiger partial charge is 0.398 e. The van der Waals surface area contributed by atoms with Crippen LogP contribution in [0.4, 0.5) is 5.69 Å². The van der Waals surface area contributed by atoms with E-state index in [1.807, 2.05) is 0 Å². The number of benzene rings is 3. The van der Waals surface area contributed by atoms with Crippen LogP contribution in [0.2, 0.25) is 0 Å². The summed E-state index contributed by atoms with van der Waals surface area (Å²) in [4.78, 5) is 3.72. The molecule has 4 aromatic rings. The van der Waals surface area contributed by atoms with Gasteiger partial charge in [0.25, 0.3) is 0 Å². The number of hydrogen-bond donors (Lipinski definition) is 2. The molecule has 2 heteroatoms. The number of hydrogen-bond acceptors (Lipinski definition) is 1. The Morgan fingerprint density at radius 2 is 1.18 bits per heavy atom. The monoisotopic (exact) mass is 889 g/mol.